The zero-order valence-electron chi connectivity index (χ0n) is 14.3. The van der Waals surface area contributed by atoms with Crippen molar-refractivity contribution in [1.82, 2.24) is 14.7 Å². The molecule has 1 atom stereocenters. The highest BCUT2D eigenvalue weighted by atomic mass is 19.1. The maximum absolute atomic E-state index is 13.2. The lowest BCUT2D eigenvalue weighted by Crippen LogP contribution is -2.38. The van der Waals surface area contributed by atoms with Crippen LogP contribution in [0, 0.1) is 5.82 Å². The van der Waals surface area contributed by atoms with Gasteiger partial charge in [-0.3, -0.25) is 9.48 Å². The monoisotopic (exact) mass is 353 g/mol. The number of likely N-dealkylation sites (tertiary alicyclic amines) is 1. The molecule has 5 nitrogen and oxygen atoms in total. The number of carbonyl (C=O) groups excluding carboxylic acids is 1. The molecule has 1 aliphatic heterocycles. The maximum atomic E-state index is 13.2. The zero-order chi connectivity index (χ0) is 17.9. The Hall–Kier alpha value is -2.89. The Morgan fingerprint density at radius 1 is 1.19 bits per heavy atom. The van der Waals surface area contributed by atoms with Crippen molar-refractivity contribution in [3.05, 3.63) is 77.8 Å². The van der Waals surface area contributed by atoms with Gasteiger partial charge in [0.1, 0.15) is 11.6 Å². The third-order valence-electron chi connectivity index (χ3n) is 4.77. The molecule has 0 saturated carbocycles. The van der Waals surface area contributed by atoms with E-state index in [4.69, 9.17) is 4.42 Å². The molecule has 1 fully saturated rings. The quantitative estimate of drug-likeness (QED) is 0.711. The van der Waals surface area contributed by atoms with Gasteiger partial charge in [0.15, 0.2) is 5.76 Å². The Morgan fingerprint density at radius 3 is 2.81 bits per heavy atom. The largest absolute Gasteiger partial charge is 0.454 e. The number of aromatic nitrogens is 2. The molecule has 0 N–H and O–H groups in total. The van der Waals surface area contributed by atoms with E-state index in [9.17, 15) is 9.18 Å². The van der Waals surface area contributed by atoms with Crippen LogP contribution in [0.15, 0.2) is 59.3 Å². The Balaban J connectivity index is 1.53. The van der Waals surface area contributed by atoms with Crippen molar-refractivity contribution in [3.8, 4) is 0 Å². The number of benzene rings is 1. The summed E-state index contributed by atoms with van der Waals surface area (Å²) in [5, 5.41) is 4.14. The second-order valence-electron chi connectivity index (χ2n) is 6.53. The van der Waals surface area contributed by atoms with Crippen LogP contribution in [0.3, 0.4) is 0 Å². The van der Waals surface area contributed by atoms with E-state index >= 15 is 0 Å². The number of carbonyl (C=O) groups is 1. The molecule has 0 spiro atoms. The summed E-state index contributed by atoms with van der Waals surface area (Å²) in [4.78, 5) is 14.8. The molecule has 0 unspecified atom stereocenters. The SMILES string of the molecule is O=C(c1ccc(Cn2cccn2)o1)N1CCCC[C@@H]1c1ccc(F)cc1. The predicted octanol–water partition coefficient (Wildman–Crippen LogP) is 4.03. The summed E-state index contributed by atoms with van der Waals surface area (Å²) in [6.07, 6.45) is 6.44. The first-order valence-electron chi connectivity index (χ1n) is 8.83. The van der Waals surface area contributed by atoms with Crippen LogP contribution in [0.5, 0.6) is 0 Å². The first-order valence-corrected chi connectivity index (χ1v) is 8.83. The van der Waals surface area contributed by atoms with Crippen LogP contribution in [0.1, 0.15) is 47.2 Å². The van der Waals surface area contributed by atoms with Gasteiger partial charge in [0.2, 0.25) is 0 Å². The summed E-state index contributed by atoms with van der Waals surface area (Å²) < 4.78 is 20.7. The fourth-order valence-electron chi connectivity index (χ4n) is 3.48. The summed E-state index contributed by atoms with van der Waals surface area (Å²) in [5.74, 6) is 0.635. The molecule has 0 bridgehead atoms. The lowest BCUT2D eigenvalue weighted by molar-refractivity contribution is 0.0576. The van der Waals surface area contributed by atoms with Crippen molar-refractivity contribution in [2.24, 2.45) is 0 Å². The molecule has 1 amide bonds. The number of nitrogens with zero attached hydrogens (tertiary/aromatic N) is 3. The topological polar surface area (TPSA) is 51.3 Å². The molecule has 3 heterocycles. The molecule has 1 aromatic carbocycles. The molecule has 2 aromatic heterocycles. The van der Waals surface area contributed by atoms with E-state index in [0.717, 1.165) is 24.8 Å². The van der Waals surface area contributed by atoms with E-state index < -0.39 is 0 Å². The molecular formula is C20H20FN3O2. The lowest BCUT2D eigenvalue weighted by Gasteiger charge is -2.35. The molecule has 134 valence electrons. The number of hydrogen-bond acceptors (Lipinski definition) is 3. The fraction of sp³-hybridized carbons (Fsp3) is 0.300. The van der Waals surface area contributed by atoms with E-state index in [1.54, 1.807) is 29.1 Å². The van der Waals surface area contributed by atoms with E-state index in [2.05, 4.69) is 5.10 Å². The molecule has 1 aliphatic rings. The third-order valence-corrected chi connectivity index (χ3v) is 4.77. The smallest absolute Gasteiger partial charge is 0.290 e. The Morgan fingerprint density at radius 2 is 2.04 bits per heavy atom. The van der Waals surface area contributed by atoms with Gasteiger partial charge in [0.25, 0.3) is 5.91 Å². The van der Waals surface area contributed by atoms with Gasteiger partial charge in [0, 0.05) is 18.9 Å². The van der Waals surface area contributed by atoms with Gasteiger partial charge in [-0.1, -0.05) is 12.1 Å². The second kappa shape index (κ2) is 7.15. The van der Waals surface area contributed by atoms with Crippen molar-refractivity contribution in [3.63, 3.8) is 0 Å². The molecule has 4 rings (SSSR count). The number of amides is 1. The zero-order valence-corrected chi connectivity index (χ0v) is 14.3. The van der Waals surface area contributed by atoms with Gasteiger partial charge in [-0.15, -0.1) is 0 Å². The first-order chi connectivity index (χ1) is 12.7. The van der Waals surface area contributed by atoms with Gasteiger partial charge in [-0.2, -0.15) is 5.10 Å². The van der Waals surface area contributed by atoms with Crippen molar-refractivity contribution >= 4 is 5.91 Å². The van der Waals surface area contributed by atoms with Crippen LogP contribution in [-0.2, 0) is 6.54 Å². The number of hydrogen-bond donors (Lipinski definition) is 0. The number of halogens is 1. The average molecular weight is 353 g/mol. The van der Waals surface area contributed by atoms with Crippen molar-refractivity contribution in [2.45, 2.75) is 31.8 Å². The van der Waals surface area contributed by atoms with E-state index in [-0.39, 0.29) is 17.8 Å². The second-order valence-corrected chi connectivity index (χ2v) is 6.53. The predicted molar refractivity (Wildman–Crippen MR) is 94.1 cm³/mol. The van der Waals surface area contributed by atoms with Gasteiger partial charge in [-0.25, -0.2) is 4.39 Å². The van der Waals surface area contributed by atoms with Crippen molar-refractivity contribution in [2.75, 3.05) is 6.54 Å². The van der Waals surface area contributed by atoms with Crippen molar-refractivity contribution in [1.29, 1.82) is 0 Å². The summed E-state index contributed by atoms with van der Waals surface area (Å²) in [6, 6.07) is 11.7. The summed E-state index contributed by atoms with van der Waals surface area (Å²) in [6.45, 7) is 1.16. The Kier molecular flexibility index (Phi) is 4.56. The van der Waals surface area contributed by atoms with Crippen LogP contribution in [-0.4, -0.2) is 27.1 Å². The summed E-state index contributed by atoms with van der Waals surface area (Å²) in [7, 11) is 0. The number of piperidine rings is 1. The maximum Gasteiger partial charge on any atom is 0.290 e. The molecular weight excluding hydrogens is 333 g/mol. The third kappa shape index (κ3) is 3.40. The minimum atomic E-state index is -0.267. The lowest BCUT2D eigenvalue weighted by atomic mass is 9.95. The van der Waals surface area contributed by atoms with Crippen molar-refractivity contribution < 1.29 is 13.6 Å². The Bertz CT molecular complexity index is 871. The van der Waals surface area contributed by atoms with Gasteiger partial charge >= 0.3 is 0 Å². The fourth-order valence-corrected chi connectivity index (χ4v) is 3.48. The van der Waals surface area contributed by atoms with Crippen LogP contribution < -0.4 is 0 Å². The minimum Gasteiger partial charge on any atom is -0.454 e. The summed E-state index contributed by atoms with van der Waals surface area (Å²) >= 11 is 0. The van der Waals surface area contributed by atoms with E-state index in [1.165, 1.54) is 12.1 Å². The molecule has 0 aliphatic carbocycles. The van der Waals surface area contributed by atoms with E-state index in [0.29, 0.717) is 24.6 Å². The highest BCUT2D eigenvalue weighted by Gasteiger charge is 2.30. The highest BCUT2D eigenvalue weighted by molar-refractivity contribution is 5.92. The minimum absolute atomic E-state index is 0.0449. The molecule has 3 aromatic rings. The molecule has 6 heteroatoms. The molecule has 0 radical (unpaired) electrons. The standard InChI is InChI=1S/C20H20FN3O2/c21-16-7-5-15(6-8-16)18-4-1-2-13-24(18)20(25)19-10-9-17(26-19)14-23-12-3-11-22-23/h3,5-12,18H,1-2,4,13-14H2/t18-/m1/s1. The van der Waals surface area contributed by atoms with Crippen LogP contribution >= 0.6 is 0 Å². The average Bonchev–Trinajstić information content (AvgIpc) is 3.34. The number of furan rings is 1. The van der Waals surface area contributed by atoms with Crippen LogP contribution in [0.2, 0.25) is 0 Å². The number of rotatable bonds is 4. The summed E-state index contributed by atoms with van der Waals surface area (Å²) in [5.41, 5.74) is 0.961. The molecule has 1 saturated heterocycles. The first kappa shape index (κ1) is 16.6. The molecule has 26 heavy (non-hydrogen) atoms. The van der Waals surface area contributed by atoms with Crippen LogP contribution in [0.25, 0.3) is 0 Å². The van der Waals surface area contributed by atoms with Gasteiger partial charge in [-0.05, 0) is 55.2 Å². The van der Waals surface area contributed by atoms with Crippen LogP contribution in [0.4, 0.5) is 4.39 Å². The van der Waals surface area contributed by atoms with Gasteiger partial charge in [0.05, 0.1) is 12.6 Å². The van der Waals surface area contributed by atoms with Gasteiger partial charge < -0.3 is 9.32 Å². The highest BCUT2D eigenvalue weighted by Crippen LogP contribution is 2.32. The van der Waals surface area contributed by atoms with E-state index in [1.807, 2.05) is 23.2 Å². The Labute approximate surface area is 151 Å². The normalized spacial score (nSPS) is 17.4.